The maximum absolute atomic E-state index is 12.2. The summed E-state index contributed by atoms with van der Waals surface area (Å²) in [6, 6.07) is 5.07. The Morgan fingerprint density at radius 3 is 2.90 bits per heavy atom. The van der Waals surface area contributed by atoms with Crippen LogP contribution in [0.4, 0.5) is 10.5 Å². The van der Waals surface area contributed by atoms with Crippen LogP contribution in [0.3, 0.4) is 0 Å². The van der Waals surface area contributed by atoms with Crippen LogP contribution >= 0.6 is 27.5 Å². The van der Waals surface area contributed by atoms with Crippen molar-refractivity contribution in [2.24, 2.45) is 5.92 Å². The Morgan fingerprint density at radius 2 is 2.24 bits per heavy atom. The number of hydrogen-bond donors (Lipinski definition) is 2. The maximum atomic E-state index is 12.2. The van der Waals surface area contributed by atoms with Crippen LogP contribution in [0.2, 0.25) is 5.02 Å². The van der Waals surface area contributed by atoms with Gasteiger partial charge >= 0.3 is 12.0 Å². The van der Waals surface area contributed by atoms with Gasteiger partial charge in [0.2, 0.25) is 0 Å². The van der Waals surface area contributed by atoms with Crippen LogP contribution in [0, 0.1) is 5.92 Å². The number of nitrogens with one attached hydrogen (secondary N) is 1. The van der Waals surface area contributed by atoms with E-state index < -0.39 is 5.97 Å². The Hall–Kier alpha value is -1.27. The summed E-state index contributed by atoms with van der Waals surface area (Å²) in [4.78, 5) is 24.4. The minimum Gasteiger partial charge on any atom is -0.481 e. The Kier molecular flexibility index (Phi) is 5.47. The van der Waals surface area contributed by atoms with Crippen LogP contribution in [0.5, 0.6) is 0 Å². The van der Waals surface area contributed by atoms with E-state index in [1.807, 2.05) is 0 Å². The van der Waals surface area contributed by atoms with E-state index in [4.69, 9.17) is 16.7 Å². The first-order valence-electron chi connectivity index (χ1n) is 6.68. The summed E-state index contributed by atoms with van der Waals surface area (Å²) in [5.41, 5.74) is 0.568. The molecule has 1 aromatic carbocycles. The van der Waals surface area contributed by atoms with Crippen molar-refractivity contribution in [3.05, 3.63) is 27.7 Å². The van der Waals surface area contributed by atoms with E-state index in [1.54, 1.807) is 23.1 Å². The van der Waals surface area contributed by atoms with Crippen LogP contribution in [-0.2, 0) is 4.79 Å². The summed E-state index contributed by atoms with van der Waals surface area (Å²) in [7, 11) is 0. The molecule has 2 rings (SSSR count). The molecule has 0 saturated carbocycles. The molecule has 1 heterocycles. The molecule has 1 aromatic rings. The lowest BCUT2D eigenvalue weighted by Gasteiger charge is -2.18. The second-order valence-electron chi connectivity index (χ2n) is 5.09. The van der Waals surface area contributed by atoms with E-state index >= 15 is 0 Å². The first-order valence-corrected chi connectivity index (χ1v) is 7.85. The molecule has 0 bridgehead atoms. The van der Waals surface area contributed by atoms with Gasteiger partial charge in [0.1, 0.15) is 0 Å². The molecule has 114 valence electrons. The van der Waals surface area contributed by atoms with Crippen molar-refractivity contribution in [1.29, 1.82) is 0 Å². The van der Waals surface area contributed by atoms with Crippen LogP contribution in [0.25, 0.3) is 0 Å². The number of carbonyl (C=O) groups excluding carboxylic acids is 1. The lowest BCUT2D eigenvalue weighted by molar-refractivity contribution is -0.137. The van der Waals surface area contributed by atoms with Gasteiger partial charge in [-0.3, -0.25) is 4.79 Å². The van der Waals surface area contributed by atoms with E-state index in [0.717, 1.165) is 10.9 Å². The van der Waals surface area contributed by atoms with Gasteiger partial charge in [-0.25, -0.2) is 4.79 Å². The average Bonchev–Trinajstić information content (AvgIpc) is 2.88. The largest absolute Gasteiger partial charge is 0.481 e. The van der Waals surface area contributed by atoms with E-state index in [0.29, 0.717) is 30.2 Å². The number of aliphatic carboxylic acids is 1. The molecule has 2 amide bonds. The van der Waals surface area contributed by atoms with Crippen molar-refractivity contribution in [3.8, 4) is 0 Å². The van der Waals surface area contributed by atoms with Crippen LogP contribution in [-0.4, -0.2) is 35.1 Å². The molecule has 1 saturated heterocycles. The number of likely N-dealkylation sites (tertiary alicyclic amines) is 1. The molecule has 1 fully saturated rings. The summed E-state index contributed by atoms with van der Waals surface area (Å²) in [5, 5.41) is 11.9. The summed E-state index contributed by atoms with van der Waals surface area (Å²) >= 11 is 9.38. The first-order chi connectivity index (χ1) is 9.95. The zero-order valence-electron chi connectivity index (χ0n) is 11.3. The third kappa shape index (κ3) is 4.61. The molecular weight excluding hydrogens is 360 g/mol. The molecule has 0 radical (unpaired) electrons. The monoisotopic (exact) mass is 374 g/mol. The summed E-state index contributed by atoms with van der Waals surface area (Å²) in [6.45, 7) is 1.23. The van der Waals surface area contributed by atoms with Gasteiger partial charge in [-0.1, -0.05) is 27.5 Å². The number of carboxylic acid groups (broad SMARTS) is 1. The third-order valence-electron chi connectivity index (χ3n) is 3.51. The molecule has 1 aliphatic heterocycles. The van der Waals surface area contributed by atoms with E-state index in [-0.39, 0.29) is 18.4 Å². The maximum Gasteiger partial charge on any atom is 0.321 e. The van der Waals surface area contributed by atoms with Crippen LogP contribution in [0.1, 0.15) is 19.3 Å². The number of nitrogens with zero attached hydrogens (tertiary/aromatic N) is 1. The zero-order valence-corrected chi connectivity index (χ0v) is 13.7. The minimum atomic E-state index is -0.792. The molecule has 21 heavy (non-hydrogen) atoms. The number of hydrogen-bond acceptors (Lipinski definition) is 2. The Labute approximate surface area is 136 Å². The number of carboxylic acids is 1. The van der Waals surface area contributed by atoms with Gasteiger partial charge in [-0.15, -0.1) is 0 Å². The molecule has 5 nitrogen and oxygen atoms in total. The number of carbonyl (C=O) groups is 2. The summed E-state index contributed by atoms with van der Waals surface area (Å²) < 4.78 is 0.848. The molecule has 0 aromatic heterocycles. The number of urea groups is 1. The Morgan fingerprint density at radius 1 is 1.48 bits per heavy atom. The fourth-order valence-corrected chi connectivity index (χ4v) is 3.09. The third-order valence-corrected chi connectivity index (χ3v) is 4.32. The van der Waals surface area contributed by atoms with Crippen molar-refractivity contribution >= 4 is 45.2 Å². The van der Waals surface area contributed by atoms with Gasteiger partial charge in [0, 0.05) is 24.0 Å². The van der Waals surface area contributed by atoms with Crippen molar-refractivity contribution in [3.63, 3.8) is 0 Å². The molecule has 0 spiro atoms. The molecule has 7 heteroatoms. The molecule has 0 aliphatic carbocycles. The summed E-state index contributed by atoms with van der Waals surface area (Å²) in [5.74, 6) is -0.535. The lowest BCUT2D eigenvalue weighted by atomic mass is 10.0. The van der Waals surface area contributed by atoms with Gasteiger partial charge in [-0.05, 0) is 37.0 Å². The van der Waals surface area contributed by atoms with Crippen molar-refractivity contribution in [2.75, 3.05) is 18.4 Å². The Balaban J connectivity index is 1.88. The number of anilines is 1. The average molecular weight is 376 g/mol. The predicted molar refractivity (Wildman–Crippen MR) is 84.7 cm³/mol. The lowest BCUT2D eigenvalue weighted by Crippen LogP contribution is -2.33. The number of rotatable bonds is 4. The normalized spacial score (nSPS) is 17.8. The zero-order chi connectivity index (χ0) is 15.4. The van der Waals surface area contributed by atoms with Crippen LogP contribution in [0.15, 0.2) is 22.7 Å². The topological polar surface area (TPSA) is 69.6 Å². The standard InChI is InChI=1S/C14H16BrClN2O3/c15-10-2-3-12(11(16)7-10)17-14(21)18-6-5-9(8-18)1-4-13(19)20/h2-3,7,9H,1,4-6,8H2,(H,17,21)(H,19,20). The van der Waals surface area contributed by atoms with Crippen molar-refractivity contribution in [2.45, 2.75) is 19.3 Å². The Bertz CT molecular complexity index is 553. The molecule has 1 aliphatic rings. The molecule has 1 unspecified atom stereocenters. The van der Waals surface area contributed by atoms with Gasteiger partial charge in [0.15, 0.2) is 0 Å². The smallest absolute Gasteiger partial charge is 0.321 e. The quantitative estimate of drug-likeness (QED) is 0.840. The fraction of sp³-hybridized carbons (Fsp3) is 0.429. The highest BCUT2D eigenvalue weighted by Crippen LogP contribution is 2.27. The van der Waals surface area contributed by atoms with E-state index in [9.17, 15) is 9.59 Å². The van der Waals surface area contributed by atoms with Crippen molar-refractivity contribution < 1.29 is 14.7 Å². The van der Waals surface area contributed by atoms with Crippen LogP contribution < -0.4 is 5.32 Å². The molecule has 2 N–H and O–H groups in total. The first kappa shape index (κ1) is 16.1. The number of benzene rings is 1. The molecule has 1 atom stereocenters. The SMILES string of the molecule is O=C(O)CCC1CCN(C(=O)Nc2ccc(Br)cc2Cl)C1. The highest BCUT2D eigenvalue weighted by atomic mass is 79.9. The second kappa shape index (κ2) is 7.13. The summed E-state index contributed by atoms with van der Waals surface area (Å²) in [6.07, 6.45) is 1.60. The van der Waals surface area contributed by atoms with E-state index in [2.05, 4.69) is 21.2 Å². The fourth-order valence-electron chi connectivity index (χ4n) is 2.37. The van der Waals surface area contributed by atoms with E-state index in [1.165, 1.54) is 0 Å². The van der Waals surface area contributed by atoms with Gasteiger partial charge in [0.25, 0.3) is 0 Å². The van der Waals surface area contributed by atoms with Crippen molar-refractivity contribution in [1.82, 2.24) is 4.90 Å². The second-order valence-corrected chi connectivity index (χ2v) is 6.41. The van der Waals surface area contributed by atoms with Gasteiger partial charge < -0.3 is 15.3 Å². The highest BCUT2D eigenvalue weighted by Gasteiger charge is 2.26. The predicted octanol–water partition coefficient (Wildman–Crippen LogP) is 3.82. The van der Waals surface area contributed by atoms with Gasteiger partial charge in [-0.2, -0.15) is 0 Å². The molecular formula is C14H16BrClN2O3. The van der Waals surface area contributed by atoms with Gasteiger partial charge in [0.05, 0.1) is 10.7 Å². The minimum absolute atomic E-state index is 0.151. The number of halogens is 2. The highest BCUT2D eigenvalue weighted by molar-refractivity contribution is 9.10. The number of amides is 2.